The number of carbonyl (C=O) groups is 1. The summed E-state index contributed by atoms with van der Waals surface area (Å²) in [7, 11) is 0. The van der Waals surface area contributed by atoms with Gasteiger partial charge in [0.2, 0.25) is 0 Å². The highest BCUT2D eigenvalue weighted by Gasteiger charge is 2.20. The molecule has 98 valence electrons. The lowest BCUT2D eigenvalue weighted by Crippen LogP contribution is -2.25. The Balaban J connectivity index is 1.77. The van der Waals surface area contributed by atoms with Gasteiger partial charge in [0.1, 0.15) is 5.69 Å². The molecule has 1 amide bonds. The van der Waals surface area contributed by atoms with Crippen LogP contribution in [0, 0.1) is 5.92 Å². The summed E-state index contributed by atoms with van der Waals surface area (Å²) in [4.78, 5) is 16.0. The van der Waals surface area contributed by atoms with Crippen LogP contribution in [0.5, 0.6) is 0 Å². The Kier molecular flexibility index (Phi) is 4.56. The van der Waals surface area contributed by atoms with Crippen molar-refractivity contribution in [3.63, 3.8) is 0 Å². The lowest BCUT2D eigenvalue weighted by atomic mass is 10.2. The third-order valence-corrected chi connectivity index (χ3v) is 3.15. The Bertz CT molecular complexity index is 402. The van der Waals surface area contributed by atoms with Gasteiger partial charge in [-0.2, -0.15) is 0 Å². The first-order chi connectivity index (χ1) is 8.79. The predicted octanol–water partition coefficient (Wildman–Crippen LogP) is 2.43. The quantitative estimate of drug-likeness (QED) is 0.728. The van der Waals surface area contributed by atoms with E-state index in [-0.39, 0.29) is 5.91 Å². The van der Waals surface area contributed by atoms with Crippen LogP contribution < -0.4 is 10.6 Å². The van der Waals surface area contributed by atoms with Crippen LogP contribution >= 0.6 is 0 Å². The first-order valence-electron chi connectivity index (χ1n) is 6.77. The second-order valence-electron chi connectivity index (χ2n) is 4.80. The van der Waals surface area contributed by atoms with Gasteiger partial charge in [-0.15, -0.1) is 0 Å². The summed E-state index contributed by atoms with van der Waals surface area (Å²) in [6.45, 7) is 3.62. The van der Waals surface area contributed by atoms with Gasteiger partial charge in [0, 0.05) is 25.0 Å². The zero-order chi connectivity index (χ0) is 12.8. The Morgan fingerprint density at radius 1 is 1.50 bits per heavy atom. The zero-order valence-electron chi connectivity index (χ0n) is 10.9. The normalized spacial score (nSPS) is 14.3. The third-order valence-electron chi connectivity index (χ3n) is 3.15. The molecule has 18 heavy (non-hydrogen) atoms. The number of rotatable bonds is 7. The second kappa shape index (κ2) is 6.38. The molecule has 0 spiro atoms. The third kappa shape index (κ3) is 4.02. The zero-order valence-corrected chi connectivity index (χ0v) is 10.9. The largest absolute Gasteiger partial charge is 0.385 e. The minimum Gasteiger partial charge on any atom is -0.385 e. The number of anilines is 1. The Hall–Kier alpha value is -1.58. The van der Waals surface area contributed by atoms with Gasteiger partial charge >= 0.3 is 0 Å². The van der Waals surface area contributed by atoms with Gasteiger partial charge in [-0.1, -0.05) is 12.8 Å². The van der Waals surface area contributed by atoms with Crippen molar-refractivity contribution in [2.75, 3.05) is 18.4 Å². The summed E-state index contributed by atoms with van der Waals surface area (Å²) >= 11 is 0. The number of amides is 1. The minimum atomic E-state index is -0.0782. The molecule has 1 fully saturated rings. The smallest absolute Gasteiger partial charge is 0.269 e. The van der Waals surface area contributed by atoms with E-state index in [0.29, 0.717) is 5.69 Å². The topological polar surface area (TPSA) is 54.0 Å². The van der Waals surface area contributed by atoms with E-state index in [4.69, 9.17) is 0 Å². The maximum Gasteiger partial charge on any atom is 0.269 e. The van der Waals surface area contributed by atoms with E-state index < -0.39 is 0 Å². The number of aromatic nitrogens is 1. The van der Waals surface area contributed by atoms with Crippen molar-refractivity contribution in [3.8, 4) is 0 Å². The molecule has 0 bridgehead atoms. The van der Waals surface area contributed by atoms with Crippen molar-refractivity contribution in [3.05, 3.63) is 24.0 Å². The molecule has 1 aromatic rings. The maximum absolute atomic E-state index is 11.9. The first-order valence-corrected chi connectivity index (χ1v) is 6.77. The SMILES string of the molecule is CCNc1ccnc(C(=O)NCCCC2CC2)c1. The molecule has 1 aliphatic rings. The fourth-order valence-corrected chi connectivity index (χ4v) is 1.96. The molecule has 0 aromatic carbocycles. The molecule has 1 aliphatic carbocycles. The van der Waals surface area contributed by atoms with Gasteiger partial charge < -0.3 is 10.6 Å². The molecule has 4 nitrogen and oxygen atoms in total. The Morgan fingerprint density at radius 2 is 2.33 bits per heavy atom. The number of hydrogen-bond acceptors (Lipinski definition) is 3. The molecular formula is C14H21N3O. The monoisotopic (exact) mass is 247 g/mol. The van der Waals surface area contributed by atoms with Gasteiger partial charge in [-0.05, 0) is 37.8 Å². The Morgan fingerprint density at radius 3 is 3.06 bits per heavy atom. The van der Waals surface area contributed by atoms with Crippen LogP contribution in [0.15, 0.2) is 18.3 Å². The predicted molar refractivity (Wildman–Crippen MR) is 72.7 cm³/mol. The van der Waals surface area contributed by atoms with E-state index in [1.165, 1.54) is 19.3 Å². The summed E-state index contributed by atoms with van der Waals surface area (Å²) in [6.07, 6.45) is 6.73. The lowest BCUT2D eigenvalue weighted by molar-refractivity contribution is 0.0948. The number of pyridine rings is 1. The summed E-state index contributed by atoms with van der Waals surface area (Å²) in [5.41, 5.74) is 1.43. The van der Waals surface area contributed by atoms with Gasteiger partial charge in [-0.25, -0.2) is 0 Å². The van der Waals surface area contributed by atoms with Gasteiger partial charge in [-0.3, -0.25) is 9.78 Å². The average Bonchev–Trinajstić information content (AvgIpc) is 3.19. The van der Waals surface area contributed by atoms with E-state index in [0.717, 1.165) is 31.1 Å². The molecule has 0 aliphatic heterocycles. The fourth-order valence-electron chi connectivity index (χ4n) is 1.96. The number of carbonyl (C=O) groups excluding carboxylic acids is 1. The van der Waals surface area contributed by atoms with Crippen molar-refractivity contribution in [2.24, 2.45) is 5.92 Å². The van der Waals surface area contributed by atoms with Crippen molar-refractivity contribution in [1.82, 2.24) is 10.3 Å². The molecule has 1 saturated carbocycles. The summed E-state index contributed by atoms with van der Waals surface area (Å²) in [5, 5.41) is 6.10. The van der Waals surface area contributed by atoms with Crippen LogP contribution in [0.4, 0.5) is 5.69 Å². The summed E-state index contributed by atoms with van der Waals surface area (Å²) in [6, 6.07) is 3.66. The fraction of sp³-hybridized carbons (Fsp3) is 0.571. The van der Waals surface area contributed by atoms with E-state index in [1.54, 1.807) is 12.3 Å². The van der Waals surface area contributed by atoms with E-state index in [2.05, 4.69) is 15.6 Å². The minimum absolute atomic E-state index is 0.0782. The molecular weight excluding hydrogens is 226 g/mol. The van der Waals surface area contributed by atoms with Crippen molar-refractivity contribution in [2.45, 2.75) is 32.6 Å². The first kappa shape index (κ1) is 12.9. The van der Waals surface area contributed by atoms with E-state index in [9.17, 15) is 4.79 Å². The van der Waals surface area contributed by atoms with E-state index in [1.807, 2.05) is 13.0 Å². The lowest BCUT2D eigenvalue weighted by Gasteiger charge is -2.06. The molecule has 0 saturated heterocycles. The molecule has 0 unspecified atom stereocenters. The molecule has 0 radical (unpaired) electrons. The summed E-state index contributed by atoms with van der Waals surface area (Å²) < 4.78 is 0. The molecule has 1 heterocycles. The van der Waals surface area contributed by atoms with Gasteiger partial charge in [0.15, 0.2) is 0 Å². The van der Waals surface area contributed by atoms with Crippen molar-refractivity contribution < 1.29 is 4.79 Å². The standard InChI is InChI=1S/C14H21N3O/c1-2-15-12-7-9-16-13(10-12)14(18)17-8-3-4-11-5-6-11/h7,9-11H,2-6,8H2,1H3,(H,15,16)(H,17,18). The summed E-state index contributed by atoms with van der Waals surface area (Å²) in [5.74, 6) is 0.850. The van der Waals surface area contributed by atoms with Crippen LogP contribution in [0.1, 0.15) is 43.1 Å². The molecule has 0 atom stereocenters. The van der Waals surface area contributed by atoms with Crippen LogP contribution in [0.25, 0.3) is 0 Å². The highest BCUT2D eigenvalue weighted by molar-refractivity contribution is 5.93. The molecule has 4 heteroatoms. The van der Waals surface area contributed by atoms with Crippen LogP contribution in [-0.4, -0.2) is 24.0 Å². The number of hydrogen-bond donors (Lipinski definition) is 2. The van der Waals surface area contributed by atoms with Crippen LogP contribution in [0.3, 0.4) is 0 Å². The molecule has 1 aromatic heterocycles. The van der Waals surface area contributed by atoms with Crippen LogP contribution in [-0.2, 0) is 0 Å². The number of nitrogens with zero attached hydrogens (tertiary/aromatic N) is 1. The van der Waals surface area contributed by atoms with Crippen molar-refractivity contribution in [1.29, 1.82) is 0 Å². The highest BCUT2D eigenvalue weighted by atomic mass is 16.1. The molecule has 2 rings (SSSR count). The number of nitrogens with one attached hydrogen (secondary N) is 2. The average molecular weight is 247 g/mol. The second-order valence-corrected chi connectivity index (χ2v) is 4.80. The van der Waals surface area contributed by atoms with Crippen LogP contribution in [0.2, 0.25) is 0 Å². The van der Waals surface area contributed by atoms with Gasteiger partial charge in [0.25, 0.3) is 5.91 Å². The molecule has 2 N–H and O–H groups in total. The van der Waals surface area contributed by atoms with Crippen molar-refractivity contribution >= 4 is 11.6 Å². The van der Waals surface area contributed by atoms with E-state index >= 15 is 0 Å². The highest BCUT2D eigenvalue weighted by Crippen LogP contribution is 2.33. The maximum atomic E-state index is 11.9. The van der Waals surface area contributed by atoms with Gasteiger partial charge in [0.05, 0.1) is 0 Å². The Labute approximate surface area is 108 Å².